The van der Waals surface area contributed by atoms with Crippen molar-refractivity contribution < 1.29 is 4.90 Å². The van der Waals surface area contributed by atoms with E-state index < -0.39 is 0 Å². The van der Waals surface area contributed by atoms with Gasteiger partial charge in [0.15, 0.2) is 5.82 Å². The second-order valence-electron chi connectivity index (χ2n) is 5.67. The number of nitrogens with zero attached hydrogens (tertiary/aromatic N) is 3. The standard InChI is InChI=1S/C15H22N6/c1-10(2)12-6-4-11(5-7-12)8-21(3)9-13-18-14(16)20-15(17)19-13/h4-7,10H,8-9H2,1-3H3,(H4,16,17,18,19,20)/p+1. The number of nitrogen functional groups attached to an aromatic ring is 2. The SMILES string of the molecule is CC(C)c1ccc(C[NH+](C)Cc2nc(N)nc(N)n2)cc1. The van der Waals surface area contributed by atoms with E-state index in [1.54, 1.807) is 0 Å². The highest BCUT2D eigenvalue weighted by atomic mass is 15.2. The summed E-state index contributed by atoms with van der Waals surface area (Å²) in [6, 6.07) is 8.72. The molecule has 112 valence electrons. The van der Waals surface area contributed by atoms with Crippen molar-refractivity contribution in [2.75, 3.05) is 18.5 Å². The van der Waals surface area contributed by atoms with Crippen LogP contribution in [0.2, 0.25) is 0 Å². The lowest BCUT2D eigenvalue weighted by atomic mass is 10.0. The van der Waals surface area contributed by atoms with Crippen molar-refractivity contribution in [1.82, 2.24) is 15.0 Å². The molecule has 1 heterocycles. The molecule has 1 unspecified atom stereocenters. The van der Waals surface area contributed by atoms with Gasteiger partial charge in [-0.1, -0.05) is 38.1 Å². The molecule has 0 aliphatic rings. The molecule has 1 aromatic heterocycles. The van der Waals surface area contributed by atoms with Crippen molar-refractivity contribution in [2.45, 2.75) is 32.9 Å². The topological polar surface area (TPSA) is 95.2 Å². The summed E-state index contributed by atoms with van der Waals surface area (Å²) in [5.74, 6) is 1.52. The molecule has 0 saturated carbocycles. The summed E-state index contributed by atoms with van der Waals surface area (Å²) in [5, 5.41) is 0. The number of anilines is 2. The van der Waals surface area contributed by atoms with Crippen LogP contribution in [0.15, 0.2) is 24.3 Å². The number of hydrogen-bond acceptors (Lipinski definition) is 5. The molecule has 0 amide bonds. The molecule has 0 aliphatic heterocycles. The average molecular weight is 287 g/mol. The maximum atomic E-state index is 5.58. The van der Waals surface area contributed by atoms with E-state index in [0.29, 0.717) is 18.3 Å². The van der Waals surface area contributed by atoms with Crippen LogP contribution >= 0.6 is 0 Å². The lowest BCUT2D eigenvalue weighted by Gasteiger charge is -2.14. The Balaban J connectivity index is 1.99. The van der Waals surface area contributed by atoms with Crippen molar-refractivity contribution in [3.63, 3.8) is 0 Å². The molecule has 0 saturated heterocycles. The molecule has 0 bridgehead atoms. The molecular formula is C15H23N6+. The third-order valence-corrected chi connectivity index (χ3v) is 3.33. The molecule has 6 nitrogen and oxygen atoms in total. The van der Waals surface area contributed by atoms with Gasteiger partial charge in [-0.25, -0.2) is 0 Å². The van der Waals surface area contributed by atoms with Crippen LogP contribution in [0.25, 0.3) is 0 Å². The number of nitrogens with two attached hydrogens (primary N) is 2. The minimum absolute atomic E-state index is 0.173. The van der Waals surface area contributed by atoms with E-state index in [0.717, 1.165) is 6.54 Å². The second kappa shape index (κ2) is 6.49. The highest BCUT2D eigenvalue weighted by molar-refractivity contribution is 5.26. The third-order valence-electron chi connectivity index (χ3n) is 3.33. The Kier molecular flexibility index (Phi) is 4.70. The largest absolute Gasteiger partial charge is 0.368 e. The van der Waals surface area contributed by atoms with Crippen LogP contribution in [0.1, 0.15) is 36.7 Å². The Labute approximate surface area is 125 Å². The lowest BCUT2D eigenvalue weighted by Crippen LogP contribution is -3.06. The predicted octanol–water partition coefficient (Wildman–Crippen LogP) is 0.374. The van der Waals surface area contributed by atoms with Crippen LogP contribution in [0.5, 0.6) is 0 Å². The third kappa shape index (κ3) is 4.39. The molecule has 21 heavy (non-hydrogen) atoms. The van der Waals surface area contributed by atoms with Crippen LogP contribution in [-0.2, 0) is 13.1 Å². The van der Waals surface area contributed by atoms with Crippen LogP contribution in [0, 0.1) is 0 Å². The summed E-state index contributed by atoms with van der Waals surface area (Å²) in [5.41, 5.74) is 13.8. The van der Waals surface area contributed by atoms with E-state index in [1.165, 1.54) is 16.0 Å². The van der Waals surface area contributed by atoms with Crippen molar-refractivity contribution >= 4 is 11.9 Å². The number of quaternary nitrogens is 1. The van der Waals surface area contributed by atoms with E-state index >= 15 is 0 Å². The fraction of sp³-hybridized carbons (Fsp3) is 0.400. The molecule has 5 N–H and O–H groups in total. The fourth-order valence-corrected chi connectivity index (χ4v) is 2.24. The summed E-state index contributed by atoms with van der Waals surface area (Å²) in [6.45, 7) is 5.94. The van der Waals surface area contributed by atoms with Gasteiger partial charge in [0.05, 0.1) is 7.05 Å². The molecule has 2 rings (SSSR count). The summed E-state index contributed by atoms with van der Waals surface area (Å²) in [4.78, 5) is 13.3. The van der Waals surface area contributed by atoms with E-state index in [-0.39, 0.29) is 11.9 Å². The quantitative estimate of drug-likeness (QED) is 0.738. The Bertz CT molecular complexity index is 573. The minimum Gasteiger partial charge on any atom is -0.368 e. The van der Waals surface area contributed by atoms with Gasteiger partial charge in [0.25, 0.3) is 0 Å². The van der Waals surface area contributed by atoms with Gasteiger partial charge in [-0.3, -0.25) is 0 Å². The molecule has 0 fully saturated rings. The molecule has 2 aromatic rings. The van der Waals surface area contributed by atoms with Crippen LogP contribution in [0.4, 0.5) is 11.9 Å². The first-order valence-corrected chi connectivity index (χ1v) is 7.10. The predicted molar refractivity (Wildman–Crippen MR) is 83.5 cm³/mol. The Morgan fingerprint density at radius 2 is 1.52 bits per heavy atom. The number of hydrogen-bond donors (Lipinski definition) is 3. The van der Waals surface area contributed by atoms with Crippen LogP contribution < -0.4 is 16.4 Å². The van der Waals surface area contributed by atoms with Crippen molar-refractivity contribution in [3.8, 4) is 0 Å². The first kappa shape index (κ1) is 15.2. The Morgan fingerprint density at radius 1 is 0.952 bits per heavy atom. The number of aromatic nitrogens is 3. The zero-order chi connectivity index (χ0) is 15.4. The monoisotopic (exact) mass is 287 g/mol. The zero-order valence-electron chi connectivity index (χ0n) is 12.8. The van der Waals surface area contributed by atoms with Gasteiger partial charge in [-0.2, -0.15) is 15.0 Å². The summed E-state index contributed by atoms with van der Waals surface area (Å²) in [7, 11) is 2.09. The van der Waals surface area contributed by atoms with Gasteiger partial charge < -0.3 is 16.4 Å². The molecule has 1 atom stereocenters. The van der Waals surface area contributed by atoms with Crippen molar-refractivity contribution in [3.05, 3.63) is 41.2 Å². The van der Waals surface area contributed by atoms with Gasteiger partial charge >= 0.3 is 0 Å². The highest BCUT2D eigenvalue weighted by Gasteiger charge is 2.10. The number of rotatable bonds is 5. The molecule has 0 aliphatic carbocycles. The number of benzene rings is 1. The Morgan fingerprint density at radius 3 is 2.05 bits per heavy atom. The molecule has 1 aromatic carbocycles. The van der Waals surface area contributed by atoms with Crippen molar-refractivity contribution in [1.29, 1.82) is 0 Å². The Hall–Kier alpha value is -2.21. The first-order chi connectivity index (χ1) is 9.94. The van der Waals surface area contributed by atoms with Gasteiger partial charge in [0.2, 0.25) is 11.9 Å². The normalized spacial score (nSPS) is 12.6. The summed E-state index contributed by atoms with van der Waals surface area (Å²) in [6.07, 6.45) is 0. The maximum Gasteiger partial charge on any atom is 0.225 e. The van der Waals surface area contributed by atoms with E-state index in [1.807, 2.05) is 0 Å². The van der Waals surface area contributed by atoms with Gasteiger partial charge in [0.1, 0.15) is 13.1 Å². The van der Waals surface area contributed by atoms with Gasteiger partial charge in [-0.15, -0.1) is 0 Å². The molecule has 6 heteroatoms. The van der Waals surface area contributed by atoms with Gasteiger partial charge in [0, 0.05) is 5.56 Å². The van der Waals surface area contributed by atoms with E-state index in [4.69, 9.17) is 11.5 Å². The lowest BCUT2D eigenvalue weighted by molar-refractivity contribution is -0.908. The maximum absolute atomic E-state index is 5.58. The zero-order valence-corrected chi connectivity index (χ0v) is 12.8. The first-order valence-electron chi connectivity index (χ1n) is 7.10. The molecule has 0 radical (unpaired) electrons. The van der Waals surface area contributed by atoms with Gasteiger partial charge in [-0.05, 0) is 11.5 Å². The second-order valence-corrected chi connectivity index (χ2v) is 5.67. The molecule has 0 spiro atoms. The minimum atomic E-state index is 0.173. The molecular weight excluding hydrogens is 264 g/mol. The number of nitrogens with one attached hydrogen (secondary N) is 1. The summed E-state index contributed by atoms with van der Waals surface area (Å²) < 4.78 is 0. The van der Waals surface area contributed by atoms with E-state index in [9.17, 15) is 0 Å². The van der Waals surface area contributed by atoms with E-state index in [2.05, 4.69) is 60.1 Å². The fourth-order valence-electron chi connectivity index (χ4n) is 2.24. The van der Waals surface area contributed by atoms with Crippen LogP contribution in [-0.4, -0.2) is 22.0 Å². The highest BCUT2D eigenvalue weighted by Crippen LogP contribution is 2.14. The van der Waals surface area contributed by atoms with Crippen molar-refractivity contribution in [2.24, 2.45) is 0 Å². The smallest absolute Gasteiger partial charge is 0.225 e. The average Bonchev–Trinajstić information content (AvgIpc) is 2.37. The summed E-state index contributed by atoms with van der Waals surface area (Å²) >= 11 is 0. The van der Waals surface area contributed by atoms with Crippen LogP contribution in [0.3, 0.4) is 0 Å².